The van der Waals surface area contributed by atoms with Crippen molar-refractivity contribution in [3.63, 3.8) is 0 Å². The molecule has 2 aromatic carbocycles. The third-order valence-corrected chi connectivity index (χ3v) is 6.23. The van der Waals surface area contributed by atoms with E-state index in [4.69, 9.17) is 4.42 Å². The van der Waals surface area contributed by atoms with E-state index in [0.717, 1.165) is 10.6 Å². The number of hydrogen-bond acceptors (Lipinski definition) is 5. The Bertz CT molecular complexity index is 1620. The summed E-state index contributed by atoms with van der Waals surface area (Å²) in [5.41, 5.74) is 3.08. The molecule has 0 fully saturated rings. The number of benzene rings is 2. The number of para-hydroxylation sites is 1. The van der Waals surface area contributed by atoms with Gasteiger partial charge in [-0.3, -0.25) is 14.5 Å². The first kappa shape index (κ1) is 23.7. The highest BCUT2D eigenvalue weighted by molar-refractivity contribution is 6.19. The van der Waals surface area contributed by atoms with Crippen LogP contribution in [0, 0.1) is 24.1 Å². The average Bonchev–Trinajstić information content (AvgIpc) is 3.57. The van der Waals surface area contributed by atoms with E-state index in [1.807, 2.05) is 36.4 Å². The number of halogens is 1. The minimum absolute atomic E-state index is 0.111. The average molecular weight is 493 g/mol. The molecule has 2 aromatic heterocycles. The van der Waals surface area contributed by atoms with Crippen molar-refractivity contribution in [3.8, 4) is 23.0 Å². The molecule has 0 aliphatic carbocycles. The zero-order valence-corrected chi connectivity index (χ0v) is 20.1. The van der Waals surface area contributed by atoms with Crippen LogP contribution in [0.5, 0.6) is 0 Å². The van der Waals surface area contributed by atoms with Gasteiger partial charge in [0.1, 0.15) is 28.9 Å². The molecule has 8 heteroatoms. The molecule has 1 aliphatic heterocycles. The molecule has 0 atom stereocenters. The lowest BCUT2D eigenvalue weighted by Crippen LogP contribution is -2.42. The number of furan rings is 1. The second kappa shape index (κ2) is 9.55. The number of nitrogens with zero attached hydrogens (tertiary/aromatic N) is 4. The van der Waals surface area contributed by atoms with E-state index >= 15 is 0 Å². The van der Waals surface area contributed by atoms with Crippen molar-refractivity contribution < 1.29 is 18.4 Å². The molecule has 0 saturated carbocycles. The van der Waals surface area contributed by atoms with Gasteiger partial charge in [-0.1, -0.05) is 30.3 Å². The monoisotopic (exact) mass is 492 g/mol. The van der Waals surface area contributed by atoms with Gasteiger partial charge in [0.2, 0.25) is 0 Å². The molecule has 0 saturated heterocycles. The Labute approximate surface area is 212 Å². The van der Waals surface area contributed by atoms with Crippen LogP contribution in [-0.2, 0) is 16.1 Å². The summed E-state index contributed by atoms with van der Waals surface area (Å²) in [6, 6.07) is 19.4. The third kappa shape index (κ3) is 4.39. The van der Waals surface area contributed by atoms with Crippen molar-refractivity contribution in [1.82, 2.24) is 14.7 Å². The standard InChI is InChI=1S/C29H21FN4O3/c1-18-10-11-20(14-26(18)30)27-21(16-34(32-27)22-7-4-3-5-8-22)13-24-19(2)25(15-31)29(36)33(28(24)35)17-23-9-6-12-37-23/h3-14,16H,17H2,1-2H3/b24-13+. The van der Waals surface area contributed by atoms with E-state index in [2.05, 4.69) is 5.10 Å². The van der Waals surface area contributed by atoms with Crippen LogP contribution in [0.4, 0.5) is 4.39 Å². The summed E-state index contributed by atoms with van der Waals surface area (Å²) in [5.74, 6) is -1.21. The van der Waals surface area contributed by atoms with Crippen molar-refractivity contribution >= 4 is 17.9 Å². The lowest BCUT2D eigenvalue weighted by Gasteiger charge is -2.26. The maximum Gasteiger partial charge on any atom is 0.272 e. The molecule has 4 aromatic rings. The van der Waals surface area contributed by atoms with Gasteiger partial charge in [-0.2, -0.15) is 10.4 Å². The number of aromatic nitrogens is 2. The predicted molar refractivity (Wildman–Crippen MR) is 134 cm³/mol. The number of carbonyl (C=O) groups excluding carboxylic acids is 2. The topological polar surface area (TPSA) is 92.1 Å². The van der Waals surface area contributed by atoms with E-state index in [9.17, 15) is 19.2 Å². The fourth-order valence-corrected chi connectivity index (χ4v) is 4.16. The van der Waals surface area contributed by atoms with E-state index in [-0.39, 0.29) is 29.1 Å². The molecule has 2 amide bonds. The van der Waals surface area contributed by atoms with Crippen LogP contribution < -0.4 is 0 Å². The first-order valence-corrected chi connectivity index (χ1v) is 11.5. The molecule has 0 radical (unpaired) electrons. The Morgan fingerprint density at radius 3 is 2.51 bits per heavy atom. The van der Waals surface area contributed by atoms with Gasteiger partial charge in [-0.25, -0.2) is 9.07 Å². The van der Waals surface area contributed by atoms with Gasteiger partial charge in [-0.05, 0) is 61.4 Å². The van der Waals surface area contributed by atoms with Gasteiger partial charge in [0.15, 0.2) is 0 Å². The lowest BCUT2D eigenvalue weighted by molar-refractivity contribution is -0.141. The van der Waals surface area contributed by atoms with Crippen LogP contribution in [-0.4, -0.2) is 26.5 Å². The molecule has 1 aliphatic rings. The van der Waals surface area contributed by atoms with Gasteiger partial charge < -0.3 is 4.42 Å². The first-order valence-electron chi connectivity index (χ1n) is 11.5. The largest absolute Gasteiger partial charge is 0.467 e. The van der Waals surface area contributed by atoms with Gasteiger partial charge in [-0.15, -0.1) is 0 Å². The number of aryl methyl sites for hydroxylation is 1. The maximum absolute atomic E-state index is 14.5. The normalized spacial score (nSPS) is 15.0. The molecule has 37 heavy (non-hydrogen) atoms. The fourth-order valence-electron chi connectivity index (χ4n) is 4.16. The first-order chi connectivity index (χ1) is 17.9. The Hall–Kier alpha value is -5.03. The highest BCUT2D eigenvalue weighted by Crippen LogP contribution is 2.32. The number of amides is 2. The van der Waals surface area contributed by atoms with Gasteiger partial charge in [0.25, 0.3) is 11.8 Å². The van der Waals surface area contributed by atoms with Gasteiger partial charge in [0.05, 0.1) is 18.5 Å². The Kier molecular flexibility index (Phi) is 6.12. The van der Waals surface area contributed by atoms with Crippen LogP contribution >= 0.6 is 0 Å². The van der Waals surface area contributed by atoms with Crippen LogP contribution in [0.25, 0.3) is 23.0 Å². The second-order valence-electron chi connectivity index (χ2n) is 8.62. The molecule has 0 spiro atoms. The van der Waals surface area contributed by atoms with Crippen LogP contribution in [0.1, 0.15) is 23.8 Å². The fraction of sp³-hybridized carbons (Fsp3) is 0.103. The molecule has 0 unspecified atom stereocenters. The summed E-state index contributed by atoms with van der Waals surface area (Å²) in [7, 11) is 0. The van der Waals surface area contributed by atoms with E-state index in [0.29, 0.717) is 28.1 Å². The summed E-state index contributed by atoms with van der Waals surface area (Å²) in [6.07, 6.45) is 4.77. The van der Waals surface area contributed by atoms with Crippen molar-refractivity contribution in [2.75, 3.05) is 0 Å². The predicted octanol–water partition coefficient (Wildman–Crippen LogP) is 5.37. The zero-order valence-electron chi connectivity index (χ0n) is 20.1. The zero-order chi connectivity index (χ0) is 26.1. The number of hydrogen-bond donors (Lipinski definition) is 0. The SMILES string of the molecule is CC1=C(C#N)C(=O)N(Cc2ccco2)C(=O)/C1=C/c1cn(-c2ccccc2)nc1-c1ccc(C)c(F)c1. The Morgan fingerprint density at radius 2 is 1.84 bits per heavy atom. The Balaban J connectivity index is 1.68. The van der Waals surface area contributed by atoms with E-state index in [1.54, 1.807) is 55.1 Å². The summed E-state index contributed by atoms with van der Waals surface area (Å²) >= 11 is 0. The van der Waals surface area contributed by atoms with Crippen LogP contribution in [0.15, 0.2) is 94.3 Å². The minimum atomic E-state index is -0.681. The number of nitriles is 1. The molecule has 3 heterocycles. The molecule has 0 bridgehead atoms. The molecule has 182 valence electrons. The highest BCUT2D eigenvalue weighted by atomic mass is 19.1. The minimum Gasteiger partial charge on any atom is -0.467 e. The summed E-state index contributed by atoms with van der Waals surface area (Å²) in [6.45, 7) is 3.13. The van der Waals surface area contributed by atoms with Gasteiger partial charge in [0, 0.05) is 22.9 Å². The third-order valence-electron chi connectivity index (χ3n) is 6.23. The summed E-state index contributed by atoms with van der Waals surface area (Å²) in [4.78, 5) is 27.5. The van der Waals surface area contributed by atoms with Gasteiger partial charge >= 0.3 is 0 Å². The van der Waals surface area contributed by atoms with E-state index < -0.39 is 11.8 Å². The summed E-state index contributed by atoms with van der Waals surface area (Å²) in [5, 5.41) is 14.4. The maximum atomic E-state index is 14.5. The molecule has 7 nitrogen and oxygen atoms in total. The van der Waals surface area contributed by atoms with Crippen LogP contribution in [0.2, 0.25) is 0 Å². The molecule has 0 N–H and O–H groups in total. The van der Waals surface area contributed by atoms with Crippen molar-refractivity contribution in [2.45, 2.75) is 20.4 Å². The van der Waals surface area contributed by atoms with E-state index in [1.165, 1.54) is 12.3 Å². The number of rotatable bonds is 5. The van der Waals surface area contributed by atoms with Crippen LogP contribution in [0.3, 0.4) is 0 Å². The molecular weight excluding hydrogens is 471 g/mol. The van der Waals surface area contributed by atoms with Crippen molar-refractivity contribution in [2.24, 2.45) is 0 Å². The Morgan fingerprint density at radius 1 is 1.05 bits per heavy atom. The summed E-state index contributed by atoms with van der Waals surface area (Å²) < 4.78 is 21.4. The quantitative estimate of drug-likeness (QED) is 0.276. The van der Waals surface area contributed by atoms with Crippen molar-refractivity contribution in [3.05, 3.63) is 113 Å². The lowest BCUT2D eigenvalue weighted by atomic mass is 9.93. The van der Waals surface area contributed by atoms with Crippen molar-refractivity contribution in [1.29, 1.82) is 5.26 Å². The highest BCUT2D eigenvalue weighted by Gasteiger charge is 2.36. The molecule has 5 rings (SSSR count). The molecular formula is C29H21FN4O3. The number of carbonyl (C=O) groups is 2. The number of imide groups is 1. The second-order valence-corrected chi connectivity index (χ2v) is 8.62. The smallest absolute Gasteiger partial charge is 0.272 e.